The number of aromatic nitrogens is 4. The van der Waals surface area contributed by atoms with Gasteiger partial charge in [0.2, 0.25) is 0 Å². The predicted octanol–water partition coefficient (Wildman–Crippen LogP) is 0.185. The number of rotatable bonds is 4. The van der Waals surface area contributed by atoms with Crippen molar-refractivity contribution in [2.45, 2.75) is 13.0 Å². The first-order valence-electron chi connectivity index (χ1n) is 8.03. The second-order valence-corrected chi connectivity index (χ2v) is 6.02. The summed E-state index contributed by atoms with van der Waals surface area (Å²) in [6.07, 6.45) is 0. The molecule has 1 saturated heterocycles. The number of amides is 2. The molecule has 2 amide bonds. The highest BCUT2D eigenvalue weighted by atomic mass is 35.5. The fourth-order valence-electron chi connectivity index (χ4n) is 2.31. The van der Waals surface area contributed by atoms with E-state index in [2.05, 4.69) is 26.3 Å². The zero-order chi connectivity index (χ0) is 18.5. The van der Waals surface area contributed by atoms with Gasteiger partial charge in [0, 0.05) is 13.1 Å². The lowest BCUT2D eigenvalue weighted by Gasteiger charge is -2.24. The molecule has 0 saturated carbocycles. The second-order valence-electron chi connectivity index (χ2n) is 5.61. The largest absolute Gasteiger partial charge is 0.378 e. The molecule has 1 aliphatic rings. The molecule has 0 unspecified atom stereocenters. The number of nitrogens with one attached hydrogen (secondary N) is 2. The van der Waals surface area contributed by atoms with Gasteiger partial charge in [0.1, 0.15) is 0 Å². The number of hydrazine groups is 1. The fourth-order valence-corrected chi connectivity index (χ4v) is 2.53. The van der Waals surface area contributed by atoms with Crippen molar-refractivity contribution in [1.82, 2.24) is 31.1 Å². The molecule has 1 aromatic heterocycles. The van der Waals surface area contributed by atoms with Crippen LogP contribution in [0.25, 0.3) is 0 Å². The van der Waals surface area contributed by atoms with Crippen molar-refractivity contribution in [3.05, 3.63) is 34.9 Å². The van der Waals surface area contributed by atoms with Gasteiger partial charge >= 0.3 is 0 Å². The maximum absolute atomic E-state index is 12.2. The van der Waals surface area contributed by atoms with Gasteiger partial charge in [-0.05, 0) is 24.3 Å². The molecule has 10 nitrogen and oxygen atoms in total. The summed E-state index contributed by atoms with van der Waals surface area (Å²) in [6, 6.07) is 5.78. The van der Waals surface area contributed by atoms with Crippen molar-refractivity contribution in [3.8, 4) is 0 Å². The van der Waals surface area contributed by atoms with E-state index in [9.17, 15) is 9.59 Å². The minimum atomic E-state index is -0.760. The van der Waals surface area contributed by atoms with Gasteiger partial charge in [-0.1, -0.05) is 28.8 Å². The first-order valence-corrected chi connectivity index (χ1v) is 8.41. The molecule has 2 N–H and O–H groups in total. The van der Waals surface area contributed by atoms with Crippen LogP contribution in [0, 0.1) is 0 Å². The number of nitrogens with zero attached hydrogens (tertiary/aromatic N) is 5. The molecule has 11 heteroatoms. The van der Waals surface area contributed by atoms with Crippen molar-refractivity contribution < 1.29 is 14.3 Å². The molecule has 1 aliphatic heterocycles. The van der Waals surface area contributed by atoms with Gasteiger partial charge in [-0.2, -0.15) is 0 Å². The Morgan fingerprint density at radius 3 is 2.69 bits per heavy atom. The second kappa shape index (κ2) is 8.11. The Morgan fingerprint density at radius 1 is 1.23 bits per heavy atom. The van der Waals surface area contributed by atoms with Gasteiger partial charge < -0.3 is 9.64 Å². The highest BCUT2D eigenvalue weighted by Gasteiger charge is 2.22. The summed E-state index contributed by atoms with van der Waals surface area (Å²) >= 11 is 5.95. The maximum atomic E-state index is 12.2. The summed E-state index contributed by atoms with van der Waals surface area (Å²) < 4.78 is 5.27. The molecule has 0 spiro atoms. The van der Waals surface area contributed by atoms with Crippen molar-refractivity contribution in [2.75, 3.05) is 31.2 Å². The number of tetrazole rings is 1. The molecule has 2 aromatic rings. The summed E-state index contributed by atoms with van der Waals surface area (Å²) in [5, 5.41) is 12.4. The summed E-state index contributed by atoms with van der Waals surface area (Å²) in [4.78, 5) is 27.4. The Labute approximate surface area is 154 Å². The van der Waals surface area contributed by atoms with E-state index in [0.717, 1.165) is 0 Å². The Balaban J connectivity index is 1.57. The van der Waals surface area contributed by atoms with Gasteiger partial charge in [-0.3, -0.25) is 20.4 Å². The number of halogens is 1. The lowest BCUT2D eigenvalue weighted by Crippen LogP contribution is -2.45. The van der Waals surface area contributed by atoms with Gasteiger partial charge in [0.25, 0.3) is 17.8 Å². The van der Waals surface area contributed by atoms with Gasteiger partial charge in [-0.15, -0.1) is 9.90 Å². The fraction of sp³-hybridized carbons (Fsp3) is 0.400. The molecule has 0 radical (unpaired) electrons. The first-order chi connectivity index (χ1) is 12.6. The van der Waals surface area contributed by atoms with Crippen molar-refractivity contribution in [3.63, 3.8) is 0 Å². The number of anilines is 1. The normalized spacial score (nSPS) is 15.4. The Bertz CT molecular complexity index is 791. The van der Waals surface area contributed by atoms with E-state index < -0.39 is 17.9 Å². The quantitative estimate of drug-likeness (QED) is 0.728. The number of ether oxygens (including phenoxy) is 1. The Morgan fingerprint density at radius 2 is 1.96 bits per heavy atom. The molecule has 138 valence electrons. The maximum Gasteiger partial charge on any atom is 0.271 e. The minimum Gasteiger partial charge on any atom is -0.378 e. The first kappa shape index (κ1) is 18.1. The summed E-state index contributed by atoms with van der Waals surface area (Å²) in [5.74, 6) is -0.568. The van der Waals surface area contributed by atoms with Crippen molar-refractivity contribution >= 4 is 29.4 Å². The Hall–Kier alpha value is -2.72. The van der Waals surface area contributed by atoms with Crippen LogP contribution < -0.4 is 15.8 Å². The molecule has 3 rings (SSSR count). The van der Waals surface area contributed by atoms with E-state index in [1.165, 1.54) is 4.80 Å². The smallest absolute Gasteiger partial charge is 0.271 e. The van der Waals surface area contributed by atoms with Crippen molar-refractivity contribution in [2.24, 2.45) is 0 Å². The molecular weight excluding hydrogens is 362 g/mol. The van der Waals surface area contributed by atoms with E-state index in [0.29, 0.717) is 37.3 Å². The third-order valence-electron chi connectivity index (χ3n) is 3.86. The number of morpholine rings is 1. The molecular formula is C15H18ClN7O3. The summed E-state index contributed by atoms with van der Waals surface area (Å²) in [7, 11) is 0. The monoisotopic (exact) mass is 379 g/mol. The van der Waals surface area contributed by atoms with Crippen LogP contribution in [0.2, 0.25) is 5.02 Å². The number of hydrogen-bond acceptors (Lipinski definition) is 7. The summed E-state index contributed by atoms with van der Waals surface area (Å²) in [5.41, 5.74) is 4.92. The zero-order valence-electron chi connectivity index (χ0n) is 14.1. The highest BCUT2D eigenvalue weighted by Crippen LogP contribution is 2.14. The molecule has 0 aliphatic carbocycles. The van der Waals surface area contributed by atoms with Crippen LogP contribution in [0.15, 0.2) is 24.3 Å². The minimum absolute atomic E-state index is 0.260. The highest BCUT2D eigenvalue weighted by molar-refractivity contribution is 6.33. The molecule has 1 fully saturated rings. The third-order valence-corrected chi connectivity index (χ3v) is 4.18. The SMILES string of the molecule is C[C@H](C(=O)NNC(=O)c1ccccc1Cl)n1nnc(N2CCOCC2)n1. The van der Waals surface area contributed by atoms with Crippen LogP contribution in [-0.4, -0.2) is 58.3 Å². The van der Waals surface area contributed by atoms with E-state index in [1.54, 1.807) is 31.2 Å². The number of hydrogen-bond donors (Lipinski definition) is 2. The average Bonchev–Trinajstić information content (AvgIpc) is 3.16. The Kier molecular flexibility index (Phi) is 5.64. The molecule has 2 heterocycles. The predicted molar refractivity (Wildman–Crippen MR) is 92.6 cm³/mol. The zero-order valence-corrected chi connectivity index (χ0v) is 14.8. The van der Waals surface area contributed by atoms with Crippen LogP contribution in [-0.2, 0) is 9.53 Å². The van der Waals surface area contributed by atoms with E-state index in [4.69, 9.17) is 16.3 Å². The number of carbonyl (C=O) groups excluding carboxylic acids is 2. The number of carbonyl (C=O) groups is 2. The van der Waals surface area contributed by atoms with E-state index in [-0.39, 0.29) is 5.56 Å². The van der Waals surface area contributed by atoms with Gasteiger partial charge in [0.15, 0.2) is 6.04 Å². The standard InChI is InChI=1S/C15H18ClN7O3/c1-10(23-20-15(19-21-23)22-6-8-26-9-7-22)13(24)17-18-14(25)11-4-2-3-5-12(11)16/h2-5,10H,6-9H2,1H3,(H,17,24)(H,18,25)/t10-/m1/s1. The summed E-state index contributed by atoms with van der Waals surface area (Å²) in [6.45, 7) is 4.12. The van der Waals surface area contributed by atoms with Crippen molar-refractivity contribution in [1.29, 1.82) is 0 Å². The molecule has 1 aromatic carbocycles. The lowest BCUT2D eigenvalue weighted by molar-refractivity contribution is -0.125. The van der Waals surface area contributed by atoms with Crippen LogP contribution >= 0.6 is 11.6 Å². The number of benzene rings is 1. The average molecular weight is 380 g/mol. The van der Waals surface area contributed by atoms with Crippen LogP contribution in [0.3, 0.4) is 0 Å². The van der Waals surface area contributed by atoms with Gasteiger partial charge in [-0.25, -0.2) is 0 Å². The topological polar surface area (TPSA) is 114 Å². The van der Waals surface area contributed by atoms with Gasteiger partial charge in [0.05, 0.1) is 23.8 Å². The molecule has 26 heavy (non-hydrogen) atoms. The third kappa shape index (κ3) is 4.09. The van der Waals surface area contributed by atoms with Crippen LogP contribution in [0.5, 0.6) is 0 Å². The van der Waals surface area contributed by atoms with Crippen LogP contribution in [0.1, 0.15) is 23.3 Å². The van der Waals surface area contributed by atoms with E-state index >= 15 is 0 Å². The molecule has 0 bridgehead atoms. The molecule has 1 atom stereocenters. The lowest BCUT2D eigenvalue weighted by atomic mass is 10.2. The van der Waals surface area contributed by atoms with Crippen LogP contribution in [0.4, 0.5) is 5.95 Å². The van der Waals surface area contributed by atoms with E-state index in [1.807, 2.05) is 4.90 Å².